The fraction of sp³-hybridized carbons (Fsp3) is 0.810. The first kappa shape index (κ1) is 23.7. The zero-order chi connectivity index (χ0) is 18.9. The Balaban J connectivity index is 3.52. The summed E-state index contributed by atoms with van der Waals surface area (Å²) in [4.78, 5) is 23.0. The van der Waals surface area contributed by atoms with E-state index in [1.165, 1.54) is 51.4 Å². The van der Waals surface area contributed by atoms with Crippen LogP contribution in [0.4, 0.5) is 0 Å². The summed E-state index contributed by atoms with van der Waals surface area (Å²) < 4.78 is 10.2. The Kier molecular flexibility index (Phi) is 15.3. The lowest BCUT2D eigenvalue weighted by molar-refractivity contribution is -0.145. The highest BCUT2D eigenvalue weighted by molar-refractivity contribution is 5.91. The molecule has 0 spiro atoms. The van der Waals surface area contributed by atoms with Gasteiger partial charge in [0.25, 0.3) is 0 Å². The first-order valence-electron chi connectivity index (χ1n) is 10.0. The van der Waals surface area contributed by atoms with Crippen LogP contribution in [0.1, 0.15) is 91.9 Å². The number of ether oxygens (including phenoxy) is 2. The maximum Gasteiger partial charge on any atom is 0.331 e. The number of hydrogen-bond acceptors (Lipinski definition) is 4. The quantitative estimate of drug-likeness (QED) is 0.218. The molecule has 0 bridgehead atoms. The van der Waals surface area contributed by atoms with Crippen LogP contribution in [-0.4, -0.2) is 24.6 Å². The van der Waals surface area contributed by atoms with Gasteiger partial charge in [0.05, 0.1) is 6.61 Å². The first-order valence-corrected chi connectivity index (χ1v) is 10.0. The van der Waals surface area contributed by atoms with Crippen LogP contribution in [0, 0.1) is 5.92 Å². The minimum absolute atomic E-state index is 0.167. The zero-order valence-electron chi connectivity index (χ0n) is 16.7. The van der Waals surface area contributed by atoms with Crippen molar-refractivity contribution in [3.8, 4) is 0 Å². The molecule has 4 nitrogen and oxygen atoms in total. The average Bonchev–Trinajstić information content (AvgIpc) is 2.57. The van der Waals surface area contributed by atoms with Crippen molar-refractivity contribution in [2.24, 2.45) is 5.92 Å². The predicted molar refractivity (Wildman–Crippen MR) is 102 cm³/mol. The molecule has 0 saturated heterocycles. The summed E-state index contributed by atoms with van der Waals surface area (Å²) in [6.07, 6.45) is 14.6. The van der Waals surface area contributed by atoms with Crippen LogP contribution in [-0.2, 0) is 19.1 Å². The van der Waals surface area contributed by atoms with Crippen molar-refractivity contribution in [3.63, 3.8) is 0 Å². The number of rotatable bonds is 15. The van der Waals surface area contributed by atoms with Crippen LogP contribution in [0.25, 0.3) is 0 Å². The Morgan fingerprint density at radius 2 is 1.24 bits per heavy atom. The SMILES string of the molecule is CCCCCCCCCCCCOC(=O)/C=C/C(=O)OC(C)C(C)C. The van der Waals surface area contributed by atoms with Gasteiger partial charge in [-0.25, -0.2) is 9.59 Å². The van der Waals surface area contributed by atoms with Crippen molar-refractivity contribution in [1.29, 1.82) is 0 Å². The minimum atomic E-state index is -0.503. The Morgan fingerprint density at radius 3 is 1.76 bits per heavy atom. The number of carbonyl (C=O) groups is 2. The van der Waals surface area contributed by atoms with Gasteiger partial charge in [0.1, 0.15) is 6.10 Å². The summed E-state index contributed by atoms with van der Waals surface area (Å²) in [5.74, 6) is -0.734. The average molecular weight is 355 g/mol. The molecule has 0 radical (unpaired) electrons. The highest BCUT2D eigenvalue weighted by Crippen LogP contribution is 2.10. The third-order valence-electron chi connectivity index (χ3n) is 4.34. The van der Waals surface area contributed by atoms with E-state index in [1.807, 2.05) is 20.8 Å². The van der Waals surface area contributed by atoms with E-state index in [-0.39, 0.29) is 12.0 Å². The van der Waals surface area contributed by atoms with E-state index in [0.717, 1.165) is 25.0 Å². The van der Waals surface area contributed by atoms with Gasteiger partial charge in [0.2, 0.25) is 0 Å². The van der Waals surface area contributed by atoms with Gasteiger partial charge < -0.3 is 9.47 Å². The Hall–Kier alpha value is -1.32. The fourth-order valence-corrected chi connectivity index (χ4v) is 2.31. The standard InChI is InChI=1S/C21H38O4/c1-5-6-7-8-9-10-11-12-13-14-17-24-20(22)15-16-21(23)25-19(4)18(2)3/h15-16,18-19H,5-14,17H2,1-4H3/b16-15+. The van der Waals surface area contributed by atoms with E-state index in [0.29, 0.717) is 6.61 Å². The molecule has 0 N–H and O–H groups in total. The maximum atomic E-state index is 11.5. The van der Waals surface area contributed by atoms with Crippen LogP contribution in [0.2, 0.25) is 0 Å². The van der Waals surface area contributed by atoms with Crippen molar-refractivity contribution in [2.75, 3.05) is 6.61 Å². The molecule has 1 atom stereocenters. The van der Waals surface area contributed by atoms with Crippen molar-refractivity contribution < 1.29 is 19.1 Å². The summed E-state index contributed by atoms with van der Waals surface area (Å²) in [5.41, 5.74) is 0. The van der Waals surface area contributed by atoms with Crippen LogP contribution in [0.15, 0.2) is 12.2 Å². The van der Waals surface area contributed by atoms with E-state index in [2.05, 4.69) is 6.92 Å². The van der Waals surface area contributed by atoms with Crippen molar-refractivity contribution in [3.05, 3.63) is 12.2 Å². The van der Waals surface area contributed by atoms with E-state index in [1.54, 1.807) is 0 Å². The lowest BCUT2D eigenvalue weighted by atomic mass is 10.1. The van der Waals surface area contributed by atoms with Crippen molar-refractivity contribution in [2.45, 2.75) is 98.0 Å². The van der Waals surface area contributed by atoms with Gasteiger partial charge in [-0.3, -0.25) is 0 Å². The smallest absolute Gasteiger partial charge is 0.331 e. The molecule has 0 aromatic heterocycles. The molecule has 0 aliphatic rings. The van der Waals surface area contributed by atoms with E-state index in [4.69, 9.17) is 9.47 Å². The molecule has 0 amide bonds. The lowest BCUT2D eigenvalue weighted by Gasteiger charge is -2.14. The second-order valence-electron chi connectivity index (χ2n) is 7.07. The zero-order valence-corrected chi connectivity index (χ0v) is 16.7. The molecule has 0 fully saturated rings. The Bertz CT molecular complexity index is 374. The van der Waals surface area contributed by atoms with Gasteiger partial charge in [0.15, 0.2) is 0 Å². The molecular formula is C21H38O4. The van der Waals surface area contributed by atoms with Crippen LogP contribution < -0.4 is 0 Å². The molecule has 25 heavy (non-hydrogen) atoms. The second-order valence-corrected chi connectivity index (χ2v) is 7.07. The van der Waals surface area contributed by atoms with Crippen molar-refractivity contribution >= 4 is 11.9 Å². The molecule has 0 aliphatic carbocycles. The van der Waals surface area contributed by atoms with Gasteiger partial charge in [-0.2, -0.15) is 0 Å². The van der Waals surface area contributed by atoms with Gasteiger partial charge in [-0.05, 0) is 19.3 Å². The van der Waals surface area contributed by atoms with Gasteiger partial charge in [-0.15, -0.1) is 0 Å². The molecule has 0 rings (SSSR count). The molecule has 4 heteroatoms. The summed E-state index contributed by atoms with van der Waals surface area (Å²) in [7, 11) is 0. The van der Waals surface area contributed by atoms with Crippen LogP contribution >= 0.6 is 0 Å². The van der Waals surface area contributed by atoms with Gasteiger partial charge in [-0.1, -0.05) is 78.6 Å². The Morgan fingerprint density at radius 1 is 0.760 bits per heavy atom. The van der Waals surface area contributed by atoms with Crippen LogP contribution in [0.3, 0.4) is 0 Å². The summed E-state index contributed by atoms with van der Waals surface area (Å²) >= 11 is 0. The summed E-state index contributed by atoms with van der Waals surface area (Å²) in [6, 6.07) is 0. The maximum absolute atomic E-state index is 11.5. The molecular weight excluding hydrogens is 316 g/mol. The normalized spacial score (nSPS) is 12.5. The summed E-state index contributed by atoms with van der Waals surface area (Å²) in [5, 5.41) is 0. The van der Waals surface area contributed by atoms with E-state index in [9.17, 15) is 9.59 Å². The monoisotopic (exact) mass is 354 g/mol. The molecule has 146 valence electrons. The second kappa shape index (κ2) is 16.2. The number of carbonyl (C=O) groups excluding carboxylic acids is 2. The number of unbranched alkanes of at least 4 members (excludes halogenated alkanes) is 9. The topological polar surface area (TPSA) is 52.6 Å². The Labute approximate surface area is 154 Å². The van der Waals surface area contributed by atoms with Crippen LogP contribution in [0.5, 0.6) is 0 Å². The molecule has 0 aliphatic heterocycles. The largest absolute Gasteiger partial charge is 0.463 e. The highest BCUT2D eigenvalue weighted by atomic mass is 16.5. The molecule has 0 heterocycles. The van der Waals surface area contributed by atoms with E-state index < -0.39 is 11.9 Å². The molecule has 1 unspecified atom stereocenters. The molecule has 0 aromatic carbocycles. The molecule has 0 aromatic rings. The lowest BCUT2D eigenvalue weighted by Crippen LogP contribution is -2.19. The fourth-order valence-electron chi connectivity index (χ4n) is 2.31. The van der Waals surface area contributed by atoms with Gasteiger partial charge in [0, 0.05) is 12.2 Å². The molecule has 0 saturated carbocycles. The highest BCUT2D eigenvalue weighted by Gasteiger charge is 2.11. The van der Waals surface area contributed by atoms with Crippen molar-refractivity contribution in [1.82, 2.24) is 0 Å². The predicted octanol–water partition coefficient (Wildman–Crippen LogP) is 5.59. The van der Waals surface area contributed by atoms with Gasteiger partial charge >= 0.3 is 11.9 Å². The third kappa shape index (κ3) is 15.9. The minimum Gasteiger partial charge on any atom is -0.463 e. The van der Waals surface area contributed by atoms with E-state index >= 15 is 0 Å². The number of hydrogen-bond donors (Lipinski definition) is 0. The first-order chi connectivity index (χ1) is 12.0. The summed E-state index contributed by atoms with van der Waals surface area (Å²) in [6.45, 7) is 8.43. The number of esters is 2. The third-order valence-corrected chi connectivity index (χ3v) is 4.34.